The molecule has 5 heteroatoms. The smallest absolute Gasteiger partial charge is 0.417 e. The molecule has 1 aromatic carbocycles. The van der Waals surface area contributed by atoms with Crippen molar-refractivity contribution in [3.63, 3.8) is 0 Å². The van der Waals surface area contributed by atoms with Crippen LogP contribution < -0.4 is 0 Å². The van der Waals surface area contributed by atoms with Crippen molar-refractivity contribution in [3.8, 4) is 0 Å². The lowest BCUT2D eigenvalue weighted by Gasteiger charge is -2.32. The summed E-state index contributed by atoms with van der Waals surface area (Å²) in [6.45, 7) is 9.16. The van der Waals surface area contributed by atoms with Gasteiger partial charge in [0, 0.05) is 0 Å². The maximum absolute atomic E-state index is 13.2. The Morgan fingerprint density at radius 2 is 1.92 bits per heavy atom. The second kappa shape index (κ2) is 8.04. The number of aliphatic hydroxyl groups is 1. The number of rotatable bonds is 6. The number of nitrogens with zero attached hydrogens (tertiary/aromatic N) is 1. The summed E-state index contributed by atoms with van der Waals surface area (Å²) in [4.78, 5) is 27.0. The van der Waals surface area contributed by atoms with Crippen LogP contribution in [0.1, 0.15) is 40.2 Å². The molecule has 1 aliphatic rings. The molecule has 1 heterocycles. The first kappa shape index (κ1) is 20.2. The highest BCUT2D eigenvalue weighted by Crippen LogP contribution is 2.34. The van der Waals surface area contributed by atoms with Crippen LogP contribution in [0.4, 0.5) is 4.79 Å². The zero-order valence-electron chi connectivity index (χ0n) is 16.2. The molecule has 0 bridgehead atoms. The van der Waals surface area contributed by atoms with E-state index in [1.165, 1.54) is 4.90 Å². The van der Waals surface area contributed by atoms with Crippen LogP contribution in [0.5, 0.6) is 0 Å². The number of allylic oxidation sites excluding steroid dienone is 1. The standard InChI is InChI=1S/C21H29NO4/c1-6-10-16(23)18(14(2)3)19(24)22-17(21(4,5)26-20(22)25)13-15-11-8-7-9-12-15/h6-12,14,16-18,23H,13H2,1-5H3/b10-6+/t16-,17+,18+/m1/s1. The topological polar surface area (TPSA) is 66.8 Å². The van der Waals surface area contributed by atoms with E-state index in [4.69, 9.17) is 4.74 Å². The molecule has 0 aromatic heterocycles. The van der Waals surface area contributed by atoms with Gasteiger partial charge in [0.05, 0.1) is 18.1 Å². The van der Waals surface area contributed by atoms with Gasteiger partial charge in [-0.1, -0.05) is 56.3 Å². The van der Waals surface area contributed by atoms with Crippen LogP contribution in [0.2, 0.25) is 0 Å². The summed E-state index contributed by atoms with van der Waals surface area (Å²) >= 11 is 0. The molecular formula is C21H29NO4. The number of imide groups is 1. The number of ether oxygens (including phenoxy) is 1. The molecule has 26 heavy (non-hydrogen) atoms. The fourth-order valence-corrected chi connectivity index (χ4v) is 3.50. The fourth-order valence-electron chi connectivity index (χ4n) is 3.50. The largest absolute Gasteiger partial charge is 0.441 e. The molecule has 1 aliphatic heterocycles. The number of cyclic esters (lactones) is 1. The van der Waals surface area contributed by atoms with E-state index in [0.717, 1.165) is 5.56 Å². The van der Waals surface area contributed by atoms with Crippen molar-refractivity contribution in [2.75, 3.05) is 0 Å². The molecule has 142 valence electrons. The quantitative estimate of drug-likeness (QED) is 0.789. The van der Waals surface area contributed by atoms with Gasteiger partial charge >= 0.3 is 6.09 Å². The van der Waals surface area contributed by atoms with Gasteiger partial charge in [0.1, 0.15) is 5.60 Å². The molecule has 0 unspecified atom stereocenters. The van der Waals surface area contributed by atoms with Gasteiger partial charge in [0.2, 0.25) is 5.91 Å². The van der Waals surface area contributed by atoms with Crippen molar-refractivity contribution in [2.45, 2.75) is 58.8 Å². The summed E-state index contributed by atoms with van der Waals surface area (Å²) in [5, 5.41) is 10.4. The minimum absolute atomic E-state index is 0.123. The lowest BCUT2D eigenvalue weighted by Crippen LogP contribution is -2.51. The molecule has 0 saturated carbocycles. The molecular weight excluding hydrogens is 330 g/mol. The average Bonchev–Trinajstić information content (AvgIpc) is 2.77. The molecule has 1 aromatic rings. The molecule has 0 spiro atoms. The molecule has 2 rings (SSSR count). The average molecular weight is 359 g/mol. The number of amides is 2. The third kappa shape index (κ3) is 4.15. The van der Waals surface area contributed by atoms with Crippen LogP contribution in [0.3, 0.4) is 0 Å². The summed E-state index contributed by atoms with van der Waals surface area (Å²) < 4.78 is 5.50. The Bertz CT molecular complexity index is 666. The van der Waals surface area contributed by atoms with Gasteiger partial charge in [0.25, 0.3) is 0 Å². The van der Waals surface area contributed by atoms with Gasteiger partial charge in [0.15, 0.2) is 0 Å². The SMILES string of the molecule is C/C=C/[C@@H](O)[C@@H](C(=O)N1C(=O)OC(C)(C)[C@@H]1Cc1ccccc1)C(C)C. The van der Waals surface area contributed by atoms with Gasteiger partial charge in [-0.2, -0.15) is 0 Å². The van der Waals surface area contributed by atoms with Crippen LogP contribution >= 0.6 is 0 Å². The van der Waals surface area contributed by atoms with Gasteiger partial charge in [-0.15, -0.1) is 0 Å². The highest BCUT2D eigenvalue weighted by atomic mass is 16.6. The highest BCUT2D eigenvalue weighted by molar-refractivity contribution is 5.96. The Morgan fingerprint density at radius 3 is 2.46 bits per heavy atom. The first-order chi connectivity index (χ1) is 12.2. The number of carbonyl (C=O) groups excluding carboxylic acids is 2. The molecule has 0 radical (unpaired) electrons. The molecule has 1 saturated heterocycles. The van der Waals surface area contributed by atoms with Gasteiger partial charge in [-0.05, 0) is 38.7 Å². The van der Waals surface area contributed by atoms with Gasteiger partial charge in [-0.3, -0.25) is 4.79 Å². The number of carbonyl (C=O) groups is 2. The molecule has 2 amide bonds. The van der Waals surface area contributed by atoms with E-state index in [9.17, 15) is 14.7 Å². The fraction of sp³-hybridized carbons (Fsp3) is 0.524. The molecule has 0 aliphatic carbocycles. The Hall–Kier alpha value is -2.14. The zero-order chi connectivity index (χ0) is 19.5. The minimum Gasteiger partial charge on any atom is -0.441 e. The van der Waals surface area contributed by atoms with E-state index >= 15 is 0 Å². The zero-order valence-corrected chi connectivity index (χ0v) is 16.2. The van der Waals surface area contributed by atoms with Crippen molar-refractivity contribution in [1.82, 2.24) is 4.90 Å². The predicted molar refractivity (Wildman–Crippen MR) is 100 cm³/mol. The third-order valence-corrected chi connectivity index (χ3v) is 4.93. The van der Waals surface area contributed by atoms with E-state index in [-0.39, 0.29) is 11.8 Å². The number of hydrogen-bond donors (Lipinski definition) is 1. The summed E-state index contributed by atoms with van der Waals surface area (Å²) in [5.74, 6) is -1.21. The van der Waals surface area contributed by atoms with Crippen molar-refractivity contribution in [1.29, 1.82) is 0 Å². The lowest BCUT2D eigenvalue weighted by atomic mass is 9.86. The van der Waals surface area contributed by atoms with E-state index < -0.39 is 29.8 Å². The second-order valence-corrected chi connectivity index (χ2v) is 7.67. The number of hydrogen-bond acceptors (Lipinski definition) is 4. The van der Waals surface area contributed by atoms with E-state index in [1.807, 2.05) is 58.0 Å². The lowest BCUT2D eigenvalue weighted by molar-refractivity contribution is -0.138. The summed E-state index contributed by atoms with van der Waals surface area (Å²) in [6, 6.07) is 9.30. The van der Waals surface area contributed by atoms with Gasteiger partial charge < -0.3 is 9.84 Å². The second-order valence-electron chi connectivity index (χ2n) is 7.67. The Kier molecular flexibility index (Phi) is 6.24. The van der Waals surface area contributed by atoms with Crippen LogP contribution in [0.25, 0.3) is 0 Å². The van der Waals surface area contributed by atoms with E-state index in [1.54, 1.807) is 19.1 Å². The third-order valence-electron chi connectivity index (χ3n) is 4.93. The number of benzene rings is 1. The summed E-state index contributed by atoms with van der Waals surface area (Å²) in [5.41, 5.74) is 0.229. The number of aliphatic hydroxyl groups excluding tert-OH is 1. The predicted octanol–water partition coefficient (Wildman–Crippen LogP) is 3.56. The maximum Gasteiger partial charge on any atom is 0.417 e. The van der Waals surface area contributed by atoms with Crippen molar-refractivity contribution < 1.29 is 19.4 Å². The Balaban J connectivity index is 2.36. The van der Waals surface area contributed by atoms with Crippen molar-refractivity contribution in [2.24, 2.45) is 11.8 Å². The molecule has 1 fully saturated rings. The molecule has 3 atom stereocenters. The Morgan fingerprint density at radius 1 is 1.31 bits per heavy atom. The molecule has 5 nitrogen and oxygen atoms in total. The van der Waals surface area contributed by atoms with Gasteiger partial charge in [-0.25, -0.2) is 9.69 Å². The normalized spacial score (nSPS) is 21.9. The summed E-state index contributed by atoms with van der Waals surface area (Å²) in [6.07, 6.45) is 2.22. The first-order valence-corrected chi connectivity index (χ1v) is 9.10. The first-order valence-electron chi connectivity index (χ1n) is 9.10. The maximum atomic E-state index is 13.2. The minimum atomic E-state index is -0.943. The van der Waals surface area contributed by atoms with Crippen molar-refractivity contribution in [3.05, 3.63) is 48.0 Å². The monoisotopic (exact) mass is 359 g/mol. The van der Waals surface area contributed by atoms with Crippen LogP contribution in [0, 0.1) is 11.8 Å². The van der Waals surface area contributed by atoms with E-state index in [2.05, 4.69) is 0 Å². The van der Waals surface area contributed by atoms with Crippen LogP contribution in [0.15, 0.2) is 42.5 Å². The van der Waals surface area contributed by atoms with Crippen molar-refractivity contribution >= 4 is 12.0 Å². The summed E-state index contributed by atoms with van der Waals surface area (Å²) in [7, 11) is 0. The van der Waals surface area contributed by atoms with Crippen LogP contribution in [-0.4, -0.2) is 39.8 Å². The van der Waals surface area contributed by atoms with Crippen LogP contribution in [-0.2, 0) is 16.0 Å². The highest BCUT2D eigenvalue weighted by Gasteiger charge is 2.52. The Labute approximate surface area is 155 Å². The van der Waals surface area contributed by atoms with E-state index in [0.29, 0.717) is 6.42 Å². The molecule has 1 N–H and O–H groups in total.